The van der Waals surface area contributed by atoms with E-state index in [9.17, 15) is 4.79 Å². The summed E-state index contributed by atoms with van der Waals surface area (Å²) in [6.45, 7) is 9.91. The van der Waals surface area contributed by atoms with Crippen LogP contribution in [0.2, 0.25) is 0 Å². The quantitative estimate of drug-likeness (QED) is 0.943. The van der Waals surface area contributed by atoms with Gasteiger partial charge in [-0.05, 0) is 34.6 Å². The molecule has 2 aromatic rings. The number of amides is 1. The molecule has 20 heavy (non-hydrogen) atoms. The summed E-state index contributed by atoms with van der Waals surface area (Å²) in [6.07, 6.45) is 0.393. The first kappa shape index (κ1) is 15.1. The van der Waals surface area contributed by atoms with Crippen LogP contribution in [0.3, 0.4) is 0 Å². The maximum atomic E-state index is 12.1. The van der Waals surface area contributed by atoms with E-state index < -0.39 is 0 Å². The van der Waals surface area contributed by atoms with Crippen LogP contribution < -0.4 is 5.32 Å². The molecule has 0 aliphatic heterocycles. The third-order valence-corrected chi connectivity index (χ3v) is 5.02. The monoisotopic (exact) mass is 309 g/mol. The third-order valence-electron chi connectivity index (χ3n) is 3.05. The Labute approximate surface area is 127 Å². The number of nitrogens with zero attached hydrogens (tertiary/aromatic N) is 2. The molecule has 1 unspecified atom stereocenters. The van der Waals surface area contributed by atoms with Crippen molar-refractivity contribution in [3.63, 3.8) is 0 Å². The molecule has 4 nitrogen and oxygen atoms in total. The fourth-order valence-corrected chi connectivity index (χ4v) is 4.04. The molecule has 0 aliphatic rings. The van der Waals surface area contributed by atoms with E-state index in [1.165, 1.54) is 4.88 Å². The molecule has 1 amide bonds. The summed E-state index contributed by atoms with van der Waals surface area (Å²) in [5.74, 6) is 0.0225. The molecule has 0 fully saturated rings. The molecular weight excluding hydrogens is 290 g/mol. The highest BCUT2D eigenvalue weighted by atomic mass is 32.1. The van der Waals surface area contributed by atoms with Gasteiger partial charge in [-0.15, -0.1) is 22.7 Å². The van der Waals surface area contributed by atoms with E-state index in [0.29, 0.717) is 6.42 Å². The van der Waals surface area contributed by atoms with Crippen molar-refractivity contribution in [1.82, 2.24) is 15.3 Å². The molecule has 0 bridgehead atoms. The molecule has 0 aromatic carbocycles. The van der Waals surface area contributed by atoms with Gasteiger partial charge in [-0.3, -0.25) is 4.79 Å². The van der Waals surface area contributed by atoms with Crippen molar-refractivity contribution in [2.24, 2.45) is 0 Å². The molecule has 6 heteroatoms. The lowest BCUT2D eigenvalue weighted by atomic mass is 10.2. The van der Waals surface area contributed by atoms with Crippen LogP contribution in [0.1, 0.15) is 44.1 Å². The lowest BCUT2D eigenvalue weighted by Crippen LogP contribution is -2.28. The van der Waals surface area contributed by atoms with Gasteiger partial charge in [-0.1, -0.05) is 0 Å². The van der Waals surface area contributed by atoms with Crippen LogP contribution in [0, 0.1) is 27.7 Å². The molecule has 0 spiro atoms. The summed E-state index contributed by atoms with van der Waals surface area (Å²) in [7, 11) is 0. The Balaban J connectivity index is 2.01. The molecule has 2 aromatic heterocycles. The number of hydrogen-bond donors (Lipinski definition) is 1. The van der Waals surface area contributed by atoms with Gasteiger partial charge in [0.2, 0.25) is 5.91 Å². The summed E-state index contributed by atoms with van der Waals surface area (Å²) in [6, 6.07) is -0.0539. The third kappa shape index (κ3) is 3.43. The number of aryl methyl sites for hydroxylation is 4. The smallest absolute Gasteiger partial charge is 0.225 e. The molecule has 0 saturated carbocycles. The Kier molecular flexibility index (Phi) is 4.55. The van der Waals surface area contributed by atoms with Gasteiger partial charge >= 0.3 is 0 Å². The van der Waals surface area contributed by atoms with Gasteiger partial charge in [0, 0.05) is 9.75 Å². The number of carbonyl (C=O) groups is 1. The first-order chi connectivity index (χ1) is 9.36. The van der Waals surface area contributed by atoms with E-state index in [4.69, 9.17) is 0 Å². The fraction of sp³-hybridized carbons (Fsp3) is 0.500. The highest BCUT2D eigenvalue weighted by molar-refractivity contribution is 7.12. The van der Waals surface area contributed by atoms with Gasteiger partial charge < -0.3 is 5.32 Å². The van der Waals surface area contributed by atoms with Gasteiger partial charge in [-0.2, -0.15) is 0 Å². The van der Waals surface area contributed by atoms with Gasteiger partial charge in [0.15, 0.2) is 0 Å². The second-order valence-electron chi connectivity index (χ2n) is 4.88. The molecule has 1 N–H and O–H groups in total. The van der Waals surface area contributed by atoms with Crippen molar-refractivity contribution in [3.8, 4) is 0 Å². The Morgan fingerprint density at radius 2 is 1.80 bits per heavy atom. The van der Waals surface area contributed by atoms with E-state index >= 15 is 0 Å². The predicted octanol–water partition coefficient (Wildman–Crippen LogP) is 3.25. The molecule has 0 aliphatic carbocycles. The Morgan fingerprint density at radius 3 is 2.30 bits per heavy atom. The van der Waals surface area contributed by atoms with Crippen LogP contribution >= 0.6 is 22.7 Å². The number of hydrogen-bond acceptors (Lipinski definition) is 5. The molecule has 1 atom stereocenters. The number of carbonyl (C=O) groups excluding carboxylic acids is 1. The topological polar surface area (TPSA) is 54.9 Å². The van der Waals surface area contributed by atoms with E-state index in [1.807, 2.05) is 34.6 Å². The molecule has 2 rings (SSSR count). The normalized spacial score (nSPS) is 12.4. The molecule has 0 saturated heterocycles. The molecular formula is C14H19N3OS2. The Hall–Kier alpha value is -1.27. The summed E-state index contributed by atoms with van der Waals surface area (Å²) >= 11 is 3.25. The predicted molar refractivity (Wildman–Crippen MR) is 83.4 cm³/mol. The summed E-state index contributed by atoms with van der Waals surface area (Å²) < 4.78 is 0. The minimum Gasteiger partial charge on any atom is -0.348 e. The first-order valence-corrected chi connectivity index (χ1v) is 8.16. The highest BCUT2D eigenvalue weighted by Gasteiger charge is 2.17. The SMILES string of the molecule is Cc1nc(C(C)NC(=O)Cc2sc(C)nc2C)c(C)s1. The van der Waals surface area contributed by atoms with Gasteiger partial charge in [-0.25, -0.2) is 9.97 Å². The van der Waals surface area contributed by atoms with E-state index in [0.717, 1.165) is 26.3 Å². The molecule has 0 radical (unpaired) electrons. The van der Waals surface area contributed by atoms with Crippen LogP contribution in [0.5, 0.6) is 0 Å². The Bertz CT molecular complexity index is 630. The zero-order valence-electron chi connectivity index (χ0n) is 12.4. The minimum absolute atomic E-state index is 0.0225. The van der Waals surface area contributed by atoms with Crippen LogP contribution in [0.4, 0.5) is 0 Å². The lowest BCUT2D eigenvalue weighted by Gasteiger charge is -2.12. The van der Waals surface area contributed by atoms with Gasteiger partial charge in [0.05, 0.1) is 33.9 Å². The minimum atomic E-state index is -0.0539. The number of rotatable bonds is 4. The summed E-state index contributed by atoms with van der Waals surface area (Å²) in [5, 5.41) is 5.06. The zero-order chi connectivity index (χ0) is 14.9. The first-order valence-electron chi connectivity index (χ1n) is 6.53. The zero-order valence-corrected chi connectivity index (χ0v) is 14.0. The second kappa shape index (κ2) is 6.01. The second-order valence-corrected chi connectivity index (χ2v) is 7.58. The van der Waals surface area contributed by atoms with Crippen LogP contribution in [-0.2, 0) is 11.2 Å². The summed E-state index contributed by atoms with van der Waals surface area (Å²) in [4.78, 5) is 23.2. The van der Waals surface area contributed by atoms with Gasteiger partial charge in [0.1, 0.15) is 0 Å². The molecule has 108 valence electrons. The van der Waals surface area contributed by atoms with E-state index in [1.54, 1.807) is 22.7 Å². The van der Waals surface area contributed by atoms with Crippen molar-refractivity contribution in [2.45, 2.75) is 47.1 Å². The molecule has 2 heterocycles. The number of nitrogens with one attached hydrogen (secondary N) is 1. The highest BCUT2D eigenvalue weighted by Crippen LogP contribution is 2.23. The van der Waals surface area contributed by atoms with Crippen LogP contribution in [0.25, 0.3) is 0 Å². The fourth-order valence-electron chi connectivity index (χ4n) is 2.19. The van der Waals surface area contributed by atoms with Gasteiger partial charge in [0.25, 0.3) is 0 Å². The average molecular weight is 309 g/mol. The van der Waals surface area contributed by atoms with Crippen LogP contribution in [-0.4, -0.2) is 15.9 Å². The van der Waals surface area contributed by atoms with Crippen LogP contribution in [0.15, 0.2) is 0 Å². The number of thiazole rings is 2. The van der Waals surface area contributed by atoms with E-state index in [-0.39, 0.29) is 11.9 Å². The Morgan fingerprint density at radius 1 is 1.15 bits per heavy atom. The van der Waals surface area contributed by atoms with E-state index in [2.05, 4.69) is 15.3 Å². The van der Waals surface area contributed by atoms with Crippen molar-refractivity contribution >= 4 is 28.6 Å². The average Bonchev–Trinajstić information content (AvgIpc) is 2.81. The van der Waals surface area contributed by atoms with Crippen molar-refractivity contribution < 1.29 is 4.79 Å². The standard InChI is InChI=1S/C14H19N3OS2/c1-7-12(20-10(4)15-7)6-13(18)16-8(2)14-9(3)19-11(5)17-14/h8H,6H2,1-5H3,(H,16,18). The number of aromatic nitrogens is 2. The largest absolute Gasteiger partial charge is 0.348 e. The maximum absolute atomic E-state index is 12.1. The van der Waals surface area contributed by atoms with Crippen molar-refractivity contribution in [2.75, 3.05) is 0 Å². The lowest BCUT2D eigenvalue weighted by molar-refractivity contribution is -0.121. The summed E-state index contributed by atoms with van der Waals surface area (Å²) in [5.41, 5.74) is 1.93. The van der Waals surface area contributed by atoms with Crippen molar-refractivity contribution in [3.05, 3.63) is 31.2 Å². The maximum Gasteiger partial charge on any atom is 0.225 e. The van der Waals surface area contributed by atoms with Crippen molar-refractivity contribution in [1.29, 1.82) is 0 Å².